The summed E-state index contributed by atoms with van der Waals surface area (Å²) in [6.07, 6.45) is 5.69. The number of carbonyl (C=O) groups excluding carboxylic acids is 1. The van der Waals surface area contributed by atoms with Crippen LogP contribution in [0.25, 0.3) is 0 Å². The molecule has 0 unspecified atom stereocenters. The molecule has 0 aromatic heterocycles. The molecule has 1 N–H and O–H groups in total. The molecule has 0 radical (unpaired) electrons. The van der Waals surface area contributed by atoms with Crippen molar-refractivity contribution in [1.82, 2.24) is 5.32 Å². The summed E-state index contributed by atoms with van der Waals surface area (Å²) in [6.45, 7) is 5.24. The van der Waals surface area contributed by atoms with Crippen molar-refractivity contribution in [3.05, 3.63) is 65.7 Å². The van der Waals surface area contributed by atoms with Gasteiger partial charge in [0, 0.05) is 12.1 Å². The van der Waals surface area contributed by atoms with Crippen molar-refractivity contribution >= 4 is 21.6 Å². The molecule has 1 amide bonds. The summed E-state index contributed by atoms with van der Waals surface area (Å²) in [6, 6.07) is 16.2. The number of nitrogens with zero attached hydrogens (tertiary/aromatic N) is 1. The van der Waals surface area contributed by atoms with Gasteiger partial charge in [-0.3, -0.25) is 9.10 Å². The van der Waals surface area contributed by atoms with Gasteiger partial charge in [0.05, 0.1) is 18.5 Å². The molecule has 0 saturated carbocycles. The Kier molecular flexibility index (Phi) is 8.70. The van der Waals surface area contributed by atoms with Gasteiger partial charge in [0.15, 0.2) is 0 Å². The van der Waals surface area contributed by atoms with E-state index in [1.165, 1.54) is 17.0 Å². The zero-order chi connectivity index (χ0) is 21.3. The predicted octanol–water partition coefficient (Wildman–Crippen LogP) is 4.60. The van der Waals surface area contributed by atoms with Gasteiger partial charge in [0.25, 0.3) is 5.91 Å². The van der Waals surface area contributed by atoms with Crippen LogP contribution in [0.3, 0.4) is 0 Å². The summed E-state index contributed by atoms with van der Waals surface area (Å²) < 4.78 is 25.9. The molecule has 0 fully saturated rings. The van der Waals surface area contributed by atoms with E-state index >= 15 is 0 Å². The highest BCUT2D eigenvalue weighted by Gasteiger charge is 2.18. The molecule has 0 aliphatic rings. The van der Waals surface area contributed by atoms with Gasteiger partial charge in [0.2, 0.25) is 10.0 Å². The summed E-state index contributed by atoms with van der Waals surface area (Å²) in [5.74, 6) is 0.366. The van der Waals surface area contributed by atoms with Gasteiger partial charge >= 0.3 is 0 Å². The van der Waals surface area contributed by atoms with E-state index in [9.17, 15) is 13.2 Å². The number of sulfonamides is 1. The number of unbranched alkanes of at least 4 members (excludes halogenated alkanes) is 1. The van der Waals surface area contributed by atoms with Crippen LogP contribution in [0.1, 0.15) is 55.5 Å². The Hall–Kier alpha value is -2.34. The monoisotopic (exact) mass is 416 g/mol. The summed E-state index contributed by atoms with van der Waals surface area (Å²) in [4.78, 5) is 12.5. The van der Waals surface area contributed by atoms with Gasteiger partial charge in [-0.05, 0) is 42.2 Å². The molecule has 0 bridgehead atoms. The summed E-state index contributed by atoms with van der Waals surface area (Å²) >= 11 is 0. The molecule has 158 valence electrons. The third-order valence-corrected chi connectivity index (χ3v) is 6.22. The molecule has 0 aliphatic heterocycles. The zero-order valence-corrected chi connectivity index (χ0v) is 18.4. The summed E-state index contributed by atoms with van der Waals surface area (Å²) in [5, 5.41) is 3.01. The van der Waals surface area contributed by atoms with E-state index < -0.39 is 10.0 Å². The van der Waals surface area contributed by atoms with Crippen LogP contribution in [-0.4, -0.2) is 27.1 Å². The first-order valence-electron chi connectivity index (χ1n) is 10.2. The fourth-order valence-corrected chi connectivity index (χ4v) is 4.10. The molecule has 0 spiro atoms. The van der Waals surface area contributed by atoms with Gasteiger partial charge in [0.1, 0.15) is 0 Å². The van der Waals surface area contributed by atoms with Crippen LogP contribution < -0.4 is 9.62 Å². The Labute approximate surface area is 175 Å². The third kappa shape index (κ3) is 7.20. The van der Waals surface area contributed by atoms with Crippen LogP contribution in [-0.2, 0) is 16.6 Å². The normalized spacial score (nSPS) is 12.4. The topological polar surface area (TPSA) is 66.5 Å². The maximum atomic E-state index is 12.5. The number of amides is 1. The fraction of sp³-hybridized carbons (Fsp3) is 0.435. The quantitative estimate of drug-likeness (QED) is 0.582. The van der Waals surface area contributed by atoms with E-state index in [-0.39, 0.29) is 12.5 Å². The van der Waals surface area contributed by atoms with E-state index in [0.29, 0.717) is 23.7 Å². The van der Waals surface area contributed by atoms with Crippen LogP contribution in [0.15, 0.2) is 54.6 Å². The molecule has 29 heavy (non-hydrogen) atoms. The van der Waals surface area contributed by atoms with Gasteiger partial charge in [-0.15, -0.1) is 0 Å². The highest BCUT2D eigenvalue weighted by molar-refractivity contribution is 7.92. The van der Waals surface area contributed by atoms with Crippen molar-refractivity contribution in [1.29, 1.82) is 0 Å². The molecular weight excluding hydrogens is 384 g/mol. The number of hydrogen-bond acceptors (Lipinski definition) is 3. The third-order valence-electron chi connectivity index (χ3n) is 5.08. The van der Waals surface area contributed by atoms with E-state index in [1.54, 1.807) is 24.3 Å². The SMILES string of the molecule is CCCC[C@H](CC)CNC(=O)c1ccc(N(Cc2ccccc2)S(C)(=O)=O)cc1. The molecule has 0 aliphatic carbocycles. The zero-order valence-electron chi connectivity index (χ0n) is 17.6. The average molecular weight is 417 g/mol. The first-order chi connectivity index (χ1) is 13.8. The smallest absolute Gasteiger partial charge is 0.251 e. The van der Waals surface area contributed by atoms with Crippen molar-refractivity contribution in [2.75, 3.05) is 17.1 Å². The molecular formula is C23H32N2O3S. The Morgan fingerprint density at radius 3 is 2.24 bits per heavy atom. The van der Waals surface area contributed by atoms with Crippen LogP contribution in [0.4, 0.5) is 5.69 Å². The highest BCUT2D eigenvalue weighted by atomic mass is 32.2. The molecule has 2 rings (SSSR count). The number of anilines is 1. The molecule has 6 heteroatoms. The summed E-state index contributed by atoms with van der Waals surface area (Å²) in [7, 11) is -3.45. The minimum atomic E-state index is -3.45. The minimum absolute atomic E-state index is 0.125. The van der Waals surface area contributed by atoms with Crippen LogP contribution in [0, 0.1) is 5.92 Å². The van der Waals surface area contributed by atoms with E-state index in [0.717, 1.165) is 24.8 Å². The molecule has 2 aromatic carbocycles. The fourth-order valence-electron chi connectivity index (χ4n) is 3.21. The Bertz CT molecular complexity index is 865. The van der Waals surface area contributed by atoms with Crippen molar-refractivity contribution in [3.63, 3.8) is 0 Å². The Morgan fingerprint density at radius 2 is 1.69 bits per heavy atom. The minimum Gasteiger partial charge on any atom is -0.352 e. The lowest BCUT2D eigenvalue weighted by Crippen LogP contribution is -2.30. The van der Waals surface area contributed by atoms with Gasteiger partial charge in [-0.1, -0.05) is 63.4 Å². The molecule has 1 atom stereocenters. The second-order valence-corrected chi connectivity index (χ2v) is 9.34. The number of nitrogens with one attached hydrogen (secondary N) is 1. The van der Waals surface area contributed by atoms with Crippen LogP contribution in [0.2, 0.25) is 0 Å². The number of carbonyl (C=O) groups is 1. The van der Waals surface area contributed by atoms with Crippen LogP contribution in [0.5, 0.6) is 0 Å². The number of hydrogen-bond donors (Lipinski definition) is 1. The standard InChI is InChI=1S/C23H32N2O3S/c1-4-6-10-19(5-2)17-24-23(26)21-13-15-22(16-14-21)25(29(3,27)28)18-20-11-8-7-9-12-20/h7-9,11-16,19H,4-6,10,17-18H2,1-3H3,(H,24,26)/t19-/m0/s1. The molecule has 5 nitrogen and oxygen atoms in total. The number of rotatable bonds is 11. The van der Waals surface area contributed by atoms with Crippen LogP contribution >= 0.6 is 0 Å². The first-order valence-corrected chi connectivity index (χ1v) is 12.1. The van der Waals surface area contributed by atoms with Crippen molar-refractivity contribution in [3.8, 4) is 0 Å². The first kappa shape index (κ1) is 22.9. The van der Waals surface area contributed by atoms with E-state index in [2.05, 4.69) is 19.2 Å². The lowest BCUT2D eigenvalue weighted by molar-refractivity contribution is 0.0946. The van der Waals surface area contributed by atoms with Gasteiger partial charge in [-0.2, -0.15) is 0 Å². The van der Waals surface area contributed by atoms with E-state index in [4.69, 9.17) is 0 Å². The second-order valence-electron chi connectivity index (χ2n) is 7.43. The second kappa shape index (κ2) is 11.0. The largest absolute Gasteiger partial charge is 0.352 e. The van der Waals surface area contributed by atoms with Crippen molar-refractivity contribution < 1.29 is 13.2 Å². The van der Waals surface area contributed by atoms with Crippen molar-refractivity contribution in [2.45, 2.75) is 46.1 Å². The summed E-state index contributed by atoms with van der Waals surface area (Å²) in [5.41, 5.74) is 1.98. The predicted molar refractivity (Wildman–Crippen MR) is 120 cm³/mol. The van der Waals surface area contributed by atoms with Gasteiger partial charge < -0.3 is 5.32 Å². The maximum absolute atomic E-state index is 12.5. The maximum Gasteiger partial charge on any atom is 0.251 e. The molecule has 0 heterocycles. The highest BCUT2D eigenvalue weighted by Crippen LogP contribution is 2.21. The Balaban J connectivity index is 2.07. The van der Waals surface area contributed by atoms with Crippen molar-refractivity contribution in [2.24, 2.45) is 5.92 Å². The Morgan fingerprint density at radius 1 is 1.03 bits per heavy atom. The molecule has 0 saturated heterocycles. The van der Waals surface area contributed by atoms with Gasteiger partial charge in [-0.25, -0.2) is 8.42 Å². The van der Waals surface area contributed by atoms with E-state index in [1.807, 2.05) is 30.3 Å². The average Bonchev–Trinajstić information content (AvgIpc) is 2.72. The lowest BCUT2D eigenvalue weighted by atomic mass is 9.99. The lowest BCUT2D eigenvalue weighted by Gasteiger charge is -2.23. The number of benzene rings is 2. The molecule has 2 aromatic rings.